The molecule has 1 N–H and O–H groups in total. The number of rotatable bonds is 5. The number of benzene rings is 1. The van der Waals surface area contributed by atoms with Crippen molar-refractivity contribution in [3.8, 4) is 17.3 Å². The molecule has 112 valence electrons. The lowest BCUT2D eigenvalue weighted by atomic mass is 10.2. The monoisotopic (exact) mass is 301 g/mol. The first-order valence-corrected chi connectivity index (χ1v) is 6.44. The molecule has 0 bridgehead atoms. The Morgan fingerprint density at radius 3 is 3.00 bits per heavy atom. The summed E-state index contributed by atoms with van der Waals surface area (Å²) in [6.07, 6.45) is 1.57. The Morgan fingerprint density at radius 1 is 1.27 bits per heavy atom. The van der Waals surface area contributed by atoms with Gasteiger partial charge in [-0.25, -0.2) is 9.37 Å². The largest absolute Gasteiger partial charge is 0.481 e. The minimum atomic E-state index is -0.355. The van der Waals surface area contributed by atoms with Crippen molar-refractivity contribution in [3.05, 3.63) is 48.2 Å². The third kappa shape index (κ3) is 3.17. The second kappa shape index (κ2) is 6.17. The number of halogens is 1. The smallest absolute Gasteiger partial charge is 0.246 e. The Labute approximate surface area is 125 Å². The van der Waals surface area contributed by atoms with Gasteiger partial charge in [0.05, 0.1) is 13.7 Å². The third-order valence-corrected chi connectivity index (χ3v) is 2.79. The fourth-order valence-corrected chi connectivity index (χ4v) is 1.77. The number of methoxy groups -OCH3 is 1. The lowest BCUT2D eigenvalue weighted by Crippen LogP contribution is -2.04. The average molecular weight is 301 g/mol. The highest BCUT2D eigenvalue weighted by molar-refractivity contribution is 5.53. The van der Waals surface area contributed by atoms with Crippen LogP contribution in [0.5, 0.6) is 5.88 Å². The standard InChI is InChI=1S/C14H12FN5O2/c1-21-11-5-6-16-14(19-11)17-8-12-18-13(20-22-12)9-3-2-4-10(15)7-9/h2-7H,8H2,1H3,(H,16,17,19). The predicted molar refractivity (Wildman–Crippen MR) is 75.6 cm³/mol. The third-order valence-electron chi connectivity index (χ3n) is 2.79. The van der Waals surface area contributed by atoms with Crippen LogP contribution in [0.3, 0.4) is 0 Å². The second-order valence-corrected chi connectivity index (χ2v) is 4.30. The summed E-state index contributed by atoms with van der Waals surface area (Å²) in [5, 5.41) is 6.75. The van der Waals surface area contributed by atoms with E-state index in [-0.39, 0.29) is 12.4 Å². The van der Waals surface area contributed by atoms with E-state index in [1.807, 2.05) is 0 Å². The Kier molecular flexibility index (Phi) is 3.90. The van der Waals surface area contributed by atoms with Crippen LogP contribution in [0, 0.1) is 5.82 Å². The van der Waals surface area contributed by atoms with Crippen LogP contribution in [0.2, 0.25) is 0 Å². The molecule has 0 radical (unpaired) electrons. The summed E-state index contributed by atoms with van der Waals surface area (Å²) in [5.74, 6) is 1.13. The summed E-state index contributed by atoms with van der Waals surface area (Å²) in [6, 6.07) is 7.62. The van der Waals surface area contributed by atoms with Crippen LogP contribution in [-0.2, 0) is 6.54 Å². The van der Waals surface area contributed by atoms with E-state index in [0.717, 1.165) is 0 Å². The minimum Gasteiger partial charge on any atom is -0.481 e. The highest BCUT2D eigenvalue weighted by Gasteiger charge is 2.09. The van der Waals surface area contributed by atoms with E-state index >= 15 is 0 Å². The van der Waals surface area contributed by atoms with Crippen LogP contribution in [0.1, 0.15) is 5.89 Å². The Hall–Kier alpha value is -3.03. The molecular weight excluding hydrogens is 289 g/mol. The van der Waals surface area contributed by atoms with Crippen molar-refractivity contribution in [2.75, 3.05) is 12.4 Å². The quantitative estimate of drug-likeness (QED) is 0.773. The average Bonchev–Trinajstić information content (AvgIpc) is 3.02. The molecule has 8 heteroatoms. The van der Waals surface area contributed by atoms with Gasteiger partial charge in [0.1, 0.15) is 5.82 Å². The van der Waals surface area contributed by atoms with Crippen molar-refractivity contribution in [1.29, 1.82) is 0 Å². The number of ether oxygens (including phenoxy) is 1. The van der Waals surface area contributed by atoms with Gasteiger partial charge in [0.25, 0.3) is 0 Å². The molecule has 2 heterocycles. The highest BCUT2D eigenvalue weighted by atomic mass is 19.1. The number of aromatic nitrogens is 4. The van der Waals surface area contributed by atoms with Gasteiger partial charge in [-0.1, -0.05) is 17.3 Å². The lowest BCUT2D eigenvalue weighted by Gasteiger charge is -2.02. The van der Waals surface area contributed by atoms with Crippen LogP contribution < -0.4 is 10.1 Å². The first-order chi connectivity index (χ1) is 10.7. The zero-order chi connectivity index (χ0) is 15.4. The topological polar surface area (TPSA) is 86.0 Å². The maximum Gasteiger partial charge on any atom is 0.246 e. The van der Waals surface area contributed by atoms with E-state index in [1.165, 1.54) is 19.2 Å². The van der Waals surface area contributed by atoms with E-state index < -0.39 is 0 Å². The van der Waals surface area contributed by atoms with Crippen molar-refractivity contribution in [3.63, 3.8) is 0 Å². The van der Waals surface area contributed by atoms with Gasteiger partial charge < -0.3 is 14.6 Å². The van der Waals surface area contributed by atoms with Gasteiger partial charge in [0, 0.05) is 17.8 Å². The van der Waals surface area contributed by atoms with Crippen molar-refractivity contribution >= 4 is 5.95 Å². The summed E-state index contributed by atoms with van der Waals surface area (Å²) in [4.78, 5) is 12.3. The maximum absolute atomic E-state index is 13.2. The number of nitrogens with zero attached hydrogens (tertiary/aromatic N) is 4. The second-order valence-electron chi connectivity index (χ2n) is 4.30. The van der Waals surface area contributed by atoms with Gasteiger partial charge in [-0.15, -0.1) is 0 Å². The number of nitrogens with one attached hydrogen (secondary N) is 1. The van der Waals surface area contributed by atoms with Gasteiger partial charge in [-0.3, -0.25) is 0 Å². The Morgan fingerprint density at radius 2 is 2.18 bits per heavy atom. The van der Waals surface area contributed by atoms with E-state index in [1.54, 1.807) is 24.4 Å². The maximum atomic E-state index is 13.2. The summed E-state index contributed by atoms with van der Waals surface area (Å²) in [5.41, 5.74) is 0.549. The van der Waals surface area contributed by atoms with E-state index in [2.05, 4.69) is 25.4 Å². The lowest BCUT2D eigenvalue weighted by molar-refractivity contribution is 0.383. The molecule has 0 aliphatic heterocycles. The first-order valence-electron chi connectivity index (χ1n) is 6.44. The molecule has 0 amide bonds. The van der Waals surface area contributed by atoms with Crippen molar-refractivity contribution in [1.82, 2.24) is 20.1 Å². The van der Waals surface area contributed by atoms with Gasteiger partial charge in [0.2, 0.25) is 23.5 Å². The van der Waals surface area contributed by atoms with E-state index in [9.17, 15) is 4.39 Å². The Bertz CT molecular complexity index is 777. The zero-order valence-electron chi connectivity index (χ0n) is 11.7. The molecule has 0 saturated heterocycles. The summed E-state index contributed by atoms with van der Waals surface area (Å²) >= 11 is 0. The van der Waals surface area contributed by atoms with Crippen molar-refractivity contribution in [2.45, 2.75) is 6.54 Å². The number of anilines is 1. The summed E-state index contributed by atoms with van der Waals surface area (Å²) < 4.78 is 23.3. The molecule has 1 aromatic carbocycles. The molecule has 0 aliphatic rings. The van der Waals surface area contributed by atoms with Gasteiger partial charge in [-0.2, -0.15) is 9.97 Å². The van der Waals surface area contributed by atoms with Gasteiger partial charge >= 0.3 is 0 Å². The molecule has 0 saturated carbocycles. The summed E-state index contributed by atoms with van der Waals surface area (Å²) in [7, 11) is 1.52. The van der Waals surface area contributed by atoms with Crippen LogP contribution in [0.25, 0.3) is 11.4 Å². The van der Waals surface area contributed by atoms with E-state index in [4.69, 9.17) is 9.26 Å². The molecule has 0 aliphatic carbocycles. The first kappa shape index (κ1) is 13.9. The molecule has 0 spiro atoms. The SMILES string of the molecule is COc1ccnc(NCc2nc(-c3cccc(F)c3)no2)n1. The van der Waals surface area contributed by atoms with Crippen LogP contribution in [-0.4, -0.2) is 27.2 Å². The normalized spacial score (nSPS) is 10.5. The van der Waals surface area contributed by atoms with Crippen LogP contribution in [0.15, 0.2) is 41.1 Å². The van der Waals surface area contributed by atoms with E-state index in [0.29, 0.717) is 29.1 Å². The fourth-order valence-electron chi connectivity index (χ4n) is 1.77. The highest BCUT2D eigenvalue weighted by Crippen LogP contribution is 2.17. The predicted octanol–water partition coefficient (Wildman–Crippen LogP) is 2.29. The molecule has 22 heavy (non-hydrogen) atoms. The Balaban J connectivity index is 1.69. The van der Waals surface area contributed by atoms with Crippen molar-refractivity contribution < 1.29 is 13.7 Å². The summed E-state index contributed by atoms with van der Waals surface area (Å²) in [6.45, 7) is 0.246. The molecule has 0 unspecified atom stereocenters. The molecule has 2 aromatic heterocycles. The number of hydrogen-bond donors (Lipinski definition) is 1. The molecule has 0 atom stereocenters. The molecule has 3 aromatic rings. The van der Waals surface area contributed by atoms with Crippen LogP contribution >= 0.6 is 0 Å². The zero-order valence-corrected chi connectivity index (χ0v) is 11.7. The molecule has 7 nitrogen and oxygen atoms in total. The van der Waals surface area contributed by atoms with Gasteiger partial charge in [-0.05, 0) is 12.1 Å². The molecular formula is C14H12FN5O2. The van der Waals surface area contributed by atoms with Gasteiger partial charge in [0.15, 0.2) is 0 Å². The van der Waals surface area contributed by atoms with Crippen molar-refractivity contribution in [2.24, 2.45) is 0 Å². The molecule has 0 fully saturated rings. The number of hydrogen-bond acceptors (Lipinski definition) is 7. The van der Waals surface area contributed by atoms with Crippen LogP contribution in [0.4, 0.5) is 10.3 Å². The molecule has 3 rings (SSSR count). The minimum absolute atomic E-state index is 0.246. The fraction of sp³-hybridized carbons (Fsp3) is 0.143.